The molecule has 0 unspecified atom stereocenters. The molecule has 0 aromatic rings. The van der Waals surface area contributed by atoms with Crippen molar-refractivity contribution in [2.75, 3.05) is 0 Å². The molecule has 4 fully saturated rings. The highest BCUT2D eigenvalue weighted by molar-refractivity contribution is 5.15. The van der Waals surface area contributed by atoms with Crippen LogP contribution in [-0.2, 0) is 0 Å². The summed E-state index contributed by atoms with van der Waals surface area (Å²) in [4.78, 5) is 0. The van der Waals surface area contributed by atoms with Gasteiger partial charge in [-0.2, -0.15) is 0 Å². The number of allylic oxidation sites excluding steroid dienone is 1. The van der Waals surface area contributed by atoms with E-state index in [9.17, 15) is 5.11 Å². The predicted molar refractivity (Wildman–Crippen MR) is 105 cm³/mol. The van der Waals surface area contributed by atoms with Crippen molar-refractivity contribution >= 4 is 0 Å². The van der Waals surface area contributed by atoms with Gasteiger partial charge in [0.2, 0.25) is 0 Å². The minimum atomic E-state index is -0.362. The molecule has 0 saturated heterocycles. The average molecular weight is 345 g/mol. The smallest absolute Gasteiger partial charge is 0.0648 e. The molecule has 4 aliphatic carbocycles. The van der Waals surface area contributed by atoms with Crippen LogP contribution in [0.4, 0.5) is 0 Å². The lowest BCUT2D eigenvalue weighted by atomic mass is 9.43. The fraction of sp³-hybridized carbons (Fsp3) is 0.917. The van der Waals surface area contributed by atoms with E-state index in [4.69, 9.17) is 0 Å². The van der Waals surface area contributed by atoms with Crippen LogP contribution in [0.15, 0.2) is 12.2 Å². The van der Waals surface area contributed by atoms with Gasteiger partial charge in [0.15, 0.2) is 0 Å². The lowest BCUT2D eigenvalue weighted by Gasteiger charge is -2.62. The van der Waals surface area contributed by atoms with E-state index in [0.29, 0.717) is 10.8 Å². The summed E-state index contributed by atoms with van der Waals surface area (Å²) in [5, 5.41) is 10.9. The highest BCUT2D eigenvalue weighted by Gasteiger charge is 2.61. The molecule has 1 nitrogen and oxygen atoms in total. The van der Waals surface area contributed by atoms with Gasteiger partial charge in [0, 0.05) is 0 Å². The fourth-order valence-corrected chi connectivity index (χ4v) is 8.45. The van der Waals surface area contributed by atoms with Crippen LogP contribution in [-0.4, -0.2) is 10.7 Å². The number of aliphatic hydroxyl groups is 1. The van der Waals surface area contributed by atoms with Crippen LogP contribution in [0.1, 0.15) is 91.9 Å². The second-order valence-electron chi connectivity index (χ2n) is 11.0. The first-order valence-corrected chi connectivity index (χ1v) is 11.1. The second-order valence-corrected chi connectivity index (χ2v) is 11.0. The Labute approximate surface area is 155 Å². The van der Waals surface area contributed by atoms with Crippen LogP contribution in [0.25, 0.3) is 0 Å². The van der Waals surface area contributed by atoms with Gasteiger partial charge in [0.1, 0.15) is 0 Å². The zero-order chi connectivity index (χ0) is 18.0. The topological polar surface area (TPSA) is 20.2 Å². The third-order valence-corrected chi connectivity index (χ3v) is 10.1. The quantitative estimate of drug-likeness (QED) is 0.578. The summed E-state index contributed by atoms with van der Waals surface area (Å²) in [7, 11) is 0. The summed E-state index contributed by atoms with van der Waals surface area (Å²) >= 11 is 0. The van der Waals surface area contributed by atoms with E-state index in [-0.39, 0.29) is 5.60 Å². The number of hydrogen-bond donors (Lipinski definition) is 1. The summed E-state index contributed by atoms with van der Waals surface area (Å²) < 4.78 is 0. The van der Waals surface area contributed by atoms with Gasteiger partial charge in [-0.3, -0.25) is 0 Å². The molecule has 0 aliphatic heterocycles. The van der Waals surface area contributed by atoms with Gasteiger partial charge >= 0.3 is 0 Å². The molecule has 0 radical (unpaired) electrons. The number of rotatable bonds is 2. The number of fused-ring (bicyclic) bond motifs is 5. The summed E-state index contributed by atoms with van der Waals surface area (Å²) in [5.41, 5.74) is 2.09. The van der Waals surface area contributed by atoms with Gasteiger partial charge < -0.3 is 5.11 Å². The van der Waals surface area contributed by atoms with E-state index in [0.717, 1.165) is 48.9 Å². The first kappa shape index (κ1) is 18.1. The molecular weight excluding hydrogens is 304 g/mol. The predicted octanol–water partition coefficient (Wildman–Crippen LogP) is 6.36. The van der Waals surface area contributed by atoms with Crippen molar-refractivity contribution in [2.24, 2.45) is 40.4 Å². The molecule has 0 heterocycles. The summed E-state index contributed by atoms with van der Waals surface area (Å²) in [6.45, 7) is 14.0. The summed E-state index contributed by atoms with van der Waals surface area (Å²) in [6, 6.07) is 0. The van der Waals surface area contributed by atoms with Gasteiger partial charge in [-0.1, -0.05) is 32.9 Å². The van der Waals surface area contributed by atoms with Crippen molar-refractivity contribution < 1.29 is 5.11 Å². The molecule has 0 bridgehead atoms. The molecule has 0 amide bonds. The third-order valence-electron chi connectivity index (χ3n) is 10.1. The molecule has 25 heavy (non-hydrogen) atoms. The SMILES string of the molecule is C=C(C)[C@H]1CC[C@H]2[C@@H]3CC[C@H]4C[C@@](O)(CC)CC[C@]4(C)[C@H]3CC[C@]12C. The Kier molecular flexibility index (Phi) is 4.23. The minimum Gasteiger partial charge on any atom is -0.390 e. The van der Waals surface area contributed by atoms with Crippen molar-refractivity contribution in [2.45, 2.75) is 97.5 Å². The largest absolute Gasteiger partial charge is 0.390 e. The number of hydrogen-bond acceptors (Lipinski definition) is 1. The molecule has 4 rings (SSSR count). The molecule has 8 atom stereocenters. The highest BCUT2D eigenvalue weighted by Crippen LogP contribution is 2.68. The van der Waals surface area contributed by atoms with Crippen LogP contribution in [0.5, 0.6) is 0 Å². The van der Waals surface area contributed by atoms with Gasteiger partial charge in [0.05, 0.1) is 5.60 Å². The van der Waals surface area contributed by atoms with Crippen molar-refractivity contribution in [1.82, 2.24) is 0 Å². The van der Waals surface area contributed by atoms with E-state index in [1.807, 2.05) is 0 Å². The molecule has 0 aromatic carbocycles. The zero-order valence-electron chi connectivity index (χ0n) is 17.1. The molecule has 4 saturated carbocycles. The van der Waals surface area contributed by atoms with Crippen LogP contribution in [0, 0.1) is 40.4 Å². The van der Waals surface area contributed by atoms with E-state index < -0.39 is 0 Å². The van der Waals surface area contributed by atoms with E-state index in [1.165, 1.54) is 50.5 Å². The van der Waals surface area contributed by atoms with Gasteiger partial charge in [-0.25, -0.2) is 0 Å². The maximum absolute atomic E-state index is 10.9. The van der Waals surface area contributed by atoms with E-state index in [1.54, 1.807) is 0 Å². The van der Waals surface area contributed by atoms with Crippen LogP contribution in [0.3, 0.4) is 0 Å². The first-order chi connectivity index (χ1) is 11.7. The van der Waals surface area contributed by atoms with Crippen molar-refractivity contribution in [3.05, 3.63) is 12.2 Å². The standard InChI is InChI=1S/C24H40O/c1-6-24(25)14-13-22(4)17(15-24)7-8-18-20-10-9-19(16(2)3)23(20,5)12-11-21(18)22/h17-21,25H,2,6-15H2,1,3-5H3/t17-,18-,19+,20-,21-,22-,23+,24+/m0/s1. The second kappa shape index (κ2) is 5.85. The molecule has 0 spiro atoms. The maximum Gasteiger partial charge on any atom is 0.0648 e. The Morgan fingerprint density at radius 3 is 2.36 bits per heavy atom. The molecule has 1 heteroatoms. The Balaban J connectivity index is 1.59. The first-order valence-electron chi connectivity index (χ1n) is 11.1. The minimum absolute atomic E-state index is 0.362. The average Bonchev–Trinajstić information content (AvgIpc) is 2.93. The van der Waals surface area contributed by atoms with Gasteiger partial charge in [-0.15, -0.1) is 0 Å². The van der Waals surface area contributed by atoms with E-state index in [2.05, 4.69) is 34.3 Å². The molecule has 142 valence electrons. The lowest BCUT2D eigenvalue weighted by molar-refractivity contribution is -0.150. The Hall–Kier alpha value is -0.300. The molecule has 0 aromatic heterocycles. The van der Waals surface area contributed by atoms with Gasteiger partial charge in [-0.05, 0) is 112 Å². The Bertz CT molecular complexity index is 552. The Morgan fingerprint density at radius 1 is 0.960 bits per heavy atom. The zero-order valence-corrected chi connectivity index (χ0v) is 17.1. The van der Waals surface area contributed by atoms with Crippen molar-refractivity contribution in [3.63, 3.8) is 0 Å². The third kappa shape index (κ3) is 2.51. The van der Waals surface area contributed by atoms with Crippen LogP contribution in [0.2, 0.25) is 0 Å². The van der Waals surface area contributed by atoms with Crippen molar-refractivity contribution in [3.8, 4) is 0 Å². The lowest BCUT2D eigenvalue weighted by Crippen LogP contribution is -2.55. The fourth-order valence-electron chi connectivity index (χ4n) is 8.45. The maximum atomic E-state index is 10.9. The van der Waals surface area contributed by atoms with Crippen molar-refractivity contribution in [1.29, 1.82) is 0 Å². The molecular formula is C24H40O. The highest BCUT2D eigenvalue weighted by atomic mass is 16.3. The van der Waals surface area contributed by atoms with Crippen LogP contribution < -0.4 is 0 Å². The summed E-state index contributed by atoms with van der Waals surface area (Å²) in [6.07, 6.45) is 12.8. The monoisotopic (exact) mass is 344 g/mol. The van der Waals surface area contributed by atoms with Gasteiger partial charge in [0.25, 0.3) is 0 Å². The normalized spacial score (nSPS) is 55.2. The molecule has 4 aliphatic rings. The summed E-state index contributed by atoms with van der Waals surface area (Å²) in [5.74, 6) is 4.31. The Morgan fingerprint density at radius 2 is 1.68 bits per heavy atom. The van der Waals surface area contributed by atoms with E-state index >= 15 is 0 Å². The molecule has 1 N–H and O–H groups in total. The van der Waals surface area contributed by atoms with Crippen LogP contribution >= 0.6 is 0 Å².